The van der Waals surface area contributed by atoms with Crippen LogP contribution < -0.4 is 14.8 Å². The zero-order valence-electron chi connectivity index (χ0n) is 27.1. The van der Waals surface area contributed by atoms with Gasteiger partial charge in [-0.15, -0.1) is 0 Å². The van der Waals surface area contributed by atoms with Crippen LogP contribution in [0.25, 0.3) is 17.0 Å². The van der Waals surface area contributed by atoms with Crippen LogP contribution in [0.15, 0.2) is 105 Å². The number of hydrogen-bond acceptors (Lipinski definition) is 8. The van der Waals surface area contributed by atoms with Crippen LogP contribution in [0.3, 0.4) is 0 Å². The number of aromatic amines is 1. The molecule has 0 spiro atoms. The highest BCUT2D eigenvalue weighted by atomic mass is 79.9. The van der Waals surface area contributed by atoms with Gasteiger partial charge in [0.25, 0.3) is 17.5 Å². The minimum atomic E-state index is -0.468. The van der Waals surface area contributed by atoms with Gasteiger partial charge in [-0.2, -0.15) is 0 Å². The number of para-hydroxylation sites is 1. The number of nitro groups is 1. The first-order chi connectivity index (χ1) is 24.2. The number of aryl methyl sites for hydroxylation is 1. The largest absolute Gasteiger partial charge is 0.490 e. The van der Waals surface area contributed by atoms with Crippen LogP contribution in [0.5, 0.6) is 11.5 Å². The van der Waals surface area contributed by atoms with Crippen molar-refractivity contribution in [1.29, 1.82) is 0 Å². The molecule has 0 atom stereocenters. The number of fused-ring (bicyclic) bond motifs is 1. The van der Waals surface area contributed by atoms with E-state index in [-0.39, 0.29) is 24.1 Å². The van der Waals surface area contributed by atoms with Gasteiger partial charge in [-0.1, -0.05) is 51.8 Å². The number of H-pyrrole nitrogens is 1. The fourth-order valence-electron chi connectivity index (χ4n) is 5.28. The van der Waals surface area contributed by atoms with E-state index in [9.17, 15) is 19.7 Å². The lowest BCUT2D eigenvalue weighted by atomic mass is 10.1. The maximum Gasteiger partial charge on any atom is 0.269 e. The number of amidine groups is 1. The van der Waals surface area contributed by atoms with Crippen molar-refractivity contribution in [2.75, 3.05) is 25.1 Å². The number of thioether (sulfide) groups is 1. The molecule has 2 amide bonds. The zero-order valence-corrected chi connectivity index (χ0v) is 29.5. The molecule has 0 radical (unpaired) electrons. The molecule has 0 unspecified atom stereocenters. The fraction of sp³-hybridized carbons (Fsp3) is 0.162. The minimum absolute atomic E-state index is 0.0462. The van der Waals surface area contributed by atoms with E-state index >= 15 is 0 Å². The van der Waals surface area contributed by atoms with E-state index < -0.39 is 4.92 Å². The molecule has 2 heterocycles. The van der Waals surface area contributed by atoms with Crippen molar-refractivity contribution >= 4 is 78.7 Å². The van der Waals surface area contributed by atoms with Crippen molar-refractivity contribution in [3.05, 3.63) is 127 Å². The second-order valence-corrected chi connectivity index (χ2v) is 13.2. The molecule has 6 rings (SSSR count). The summed E-state index contributed by atoms with van der Waals surface area (Å²) in [6.07, 6.45) is 4.28. The number of nitro benzene ring substituents is 1. The zero-order chi connectivity index (χ0) is 35.2. The van der Waals surface area contributed by atoms with E-state index in [1.165, 1.54) is 23.9 Å². The van der Waals surface area contributed by atoms with E-state index in [2.05, 4.69) is 26.2 Å². The number of non-ortho nitro benzene ring substituents is 1. The van der Waals surface area contributed by atoms with E-state index in [4.69, 9.17) is 14.5 Å². The average molecular weight is 755 g/mol. The molecule has 254 valence electrons. The molecule has 13 heteroatoms. The molecule has 11 nitrogen and oxygen atoms in total. The molecule has 5 aromatic rings. The Morgan fingerprint density at radius 3 is 2.54 bits per heavy atom. The quantitative estimate of drug-likeness (QED) is 0.0741. The lowest BCUT2D eigenvalue weighted by molar-refractivity contribution is -0.384. The van der Waals surface area contributed by atoms with Gasteiger partial charge in [-0.3, -0.25) is 24.6 Å². The standard InChI is InChI=1S/C37H32BrN5O6S/c1-3-48-32-18-25(30(38)20-33(32)49-22-35(44)40-26-10-8-23(2)9-11-26)19-34-36(45)42(17-16-24-21-39-31-7-5-4-6-29(24)31)37(50-34)41-27-12-14-28(15-13-27)43(46)47/h4-15,18-21,39H,3,16-17,22H2,1-2H3,(H,40,44)/b34-19-,41-37?. The predicted octanol–water partition coefficient (Wildman–Crippen LogP) is 8.41. The van der Waals surface area contributed by atoms with Gasteiger partial charge in [0, 0.05) is 45.9 Å². The number of aliphatic imine (C=N–C) groups is 1. The Bertz CT molecular complexity index is 2130. The second kappa shape index (κ2) is 15.4. The number of aromatic nitrogens is 1. The third kappa shape index (κ3) is 8.07. The molecule has 1 aliphatic heterocycles. The fourth-order valence-corrected chi connectivity index (χ4v) is 6.73. The lowest BCUT2D eigenvalue weighted by Gasteiger charge is -2.15. The van der Waals surface area contributed by atoms with Gasteiger partial charge in [0.2, 0.25) is 0 Å². The van der Waals surface area contributed by atoms with Gasteiger partial charge in [0.1, 0.15) is 0 Å². The molecule has 0 aliphatic carbocycles. The first-order valence-electron chi connectivity index (χ1n) is 15.7. The molecule has 1 fully saturated rings. The molecule has 2 N–H and O–H groups in total. The number of nitrogens with zero attached hydrogens (tertiary/aromatic N) is 3. The van der Waals surface area contributed by atoms with Crippen LogP contribution in [0, 0.1) is 17.0 Å². The van der Waals surface area contributed by atoms with Crippen LogP contribution in [-0.2, 0) is 16.0 Å². The molecule has 1 saturated heterocycles. The summed E-state index contributed by atoms with van der Waals surface area (Å²) in [6, 6.07) is 24.8. The SMILES string of the molecule is CCOc1cc(/C=C2\SC(=Nc3ccc([N+](=O)[O-])cc3)N(CCc3c[nH]c4ccccc34)C2=O)c(Br)cc1OCC(=O)Nc1ccc(C)cc1. The predicted molar refractivity (Wildman–Crippen MR) is 200 cm³/mol. The number of rotatable bonds is 12. The summed E-state index contributed by atoms with van der Waals surface area (Å²) in [4.78, 5) is 47.3. The summed E-state index contributed by atoms with van der Waals surface area (Å²) in [5, 5.41) is 15.5. The number of ether oxygens (including phenoxy) is 2. The van der Waals surface area contributed by atoms with Gasteiger partial charge in [0.05, 0.1) is 22.1 Å². The molecule has 4 aromatic carbocycles. The highest BCUT2D eigenvalue weighted by Gasteiger charge is 2.33. The Morgan fingerprint density at radius 1 is 1.06 bits per heavy atom. The summed E-state index contributed by atoms with van der Waals surface area (Å²) in [7, 11) is 0. The van der Waals surface area contributed by atoms with E-state index in [0.717, 1.165) is 22.0 Å². The molecular weight excluding hydrogens is 722 g/mol. The topological polar surface area (TPSA) is 139 Å². The van der Waals surface area contributed by atoms with Crippen LogP contribution in [0.2, 0.25) is 0 Å². The highest BCUT2D eigenvalue weighted by Crippen LogP contribution is 2.39. The van der Waals surface area contributed by atoms with Gasteiger partial charge in [-0.25, -0.2) is 4.99 Å². The monoisotopic (exact) mass is 753 g/mol. The highest BCUT2D eigenvalue weighted by molar-refractivity contribution is 9.10. The minimum Gasteiger partial charge on any atom is -0.490 e. The van der Waals surface area contributed by atoms with Crippen molar-refractivity contribution < 1.29 is 24.0 Å². The van der Waals surface area contributed by atoms with E-state index in [1.807, 2.05) is 68.6 Å². The number of amides is 2. The van der Waals surface area contributed by atoms with Crippen molar-refractivity contribution in [2.45, 2.75) is 20.3 Å². The molecule has 1 aromatic heterocycles. The summed E-state index contributed by atoms with van der Waals surface area (Å²) in [5.74, 6) is 0.232. The maximum absolute atomic E-state index is 14.0. The molecule has 1 aliphatic rings. The normalized spacial score (nSPS) is 14.5. The molecular formula is C37H32BrN5O6S. The summed E-state index contributed by atoms with van der Waals surface area (Å²) in [6.45, 7) is 4.30. The second-order valence-electron chi connectivity index (χ2n) is 11.3. The first-order valence-corrected chi connectivity index (χ1v) is 17.3. The van der Waals surface area contributed by atoms with Crippen LogP contribution in [-0.4, -0.2) is 51.5 Å². The first kappa shape index (κ1) is 34.5. The van der Waals surface area contributed by atoms with Crippen molar-refractivity contribution in [3.8, 4) is 11.5 Å². The smallest absolute Gasteiger partial charge is 0.269 e. The van der Waals surface area contributed by atoms with E-state index in [0.29, 0.717) is 62.6 Å². The van der Waals surface area contributed by atoms with E-state index in [1.54, 1.807) is 35.2 Å². The van der Waals surface area contributed by atoms with Crippen molar-refractivity contribution in [2.24, 2.45) is 4.99 Å². The number of nitrogens with one attached hydrogen (secondary N) is 2. The Kier molecular flexibility index (Phi) is 10.6. The van der Waals surface area contributed by atoms with Crippen LogP contribution in [0.4, 0.5) is 17.1 Å². The summed E-state index contributed by atoms with van der Waals surface area (Å²) in [5.41, 5.74) is 4.94. The molecule has 0 saturated carbocycles. The number of anilines is 1. The van der Waals surface area contributed by atoms with Crippen LogP contribution in [0.1, 0.15) is 23.6 Å². The number of carbonyl (C=O) groups is 2. The number of carbonyl (C=O) groups excluding carboxylic acids is 2. The molecule has 50 heavy (non-hydrogen) atoms. The van der Waals surface area contributed by atoms with Crippen molar-refractivity contribution in [1.82, 2.24) is 9.88 Å². The third-order valence-electron chi connectivity index (χ3n) is 7.80. The lowest BCUT2D eigenvalue weighted by Crippen LogP contribution is -2.31. The van der Waals surface area contributed by atoms with Gasteiger partial charge in [-0.05, 0) is 91.7 Å². The third-order valence-corrected chi connectivity index (χ3v) is 9.49. The Labute approximate surface area is 300 Å². The van der Waals surface area contributed by atoms with Gasteiger partial charge in [0.15, 0.2) is 23.3 Å². The Balaban J connectivity index is 1.25. The van der Waals surface area contributed by atoms with Crippen LogP contribution >= 0.6 is 27.7 Å². The number of hydrogen-bond donors (Lipinski definition) is 2. The Morgan fingerprint density at radius 2 is 1.80 bits per heavy atom. The number of benzene rings is 4. The Hall–Kier alpha value is -5.40. The number of halogens is 1. The van der Waals surface area contributed by atoms with Crippen molar-refractivity contribution in [3.63, 3.8) is 0 Å². The average Bonchev–Trinajstić information content (AvgIpc) is 3.65. The summed E-state index contributed by atoms with van der Waals surface area (Å²) >= 11 is 4.82. The van der Waals surface area contributed by atoms with Gasteiger partial charge < -0.3 is 19.8 Å². The maximum atomic E-state index is 14.0. The van der Waals surface area contributed by atoms with Gasteiger partial charge >= 0.3 is 0 Å². The molecule has 0 bridgehead atoms. The summed E-state index contributed by atoms with van der Waals surface area (Å²) < 4.78 is 12.4.